The molecule has 2 rings (SSSR count). The van der Waals surface area contributed by atoms with Gasteiger partial charge in [-0.05, 0) is 17.2 Å². The molecule has 0 spiro atoms. The molecule has 1 aromatic rings. The molecule has 0 aliphatic carbocycles. The Morgan fingerprint density at radius 2 is 2.00 bits per heavy atom. The van der Waals surface area contributed by atoms with Gasteiger partial charge in [-0.25, -0.2) is 0 Å². The summed E-state index contributed by atoms with van der Waals surface area (Å²) in [6.07, 6.45) is 6.76. The normalized spacial score (nSPS) is 13.0. The molecule has 62 valence electrons. The Hall–Kier alpha value is -1.08. The highest BCUT2D eigenvalue weighted by atomic mass is 35.5. The van der Waals surface area contributed by atoms with Crippen molar-refractivity contribution in [3.63, 3.8) is 0 Å². The molecule has 2 heteroatoms. The Labute approximate surface area is 78.2 Å². The van der Waals surface area contributed by atoms with Crippen LogP contribution in [0, 0.1) is 0 Å². The highest BCUT2D eigenvalue weighted by molar-refractivity contribution is 5.85. The molecule has 0 fully saturated rings. The summed E-state index contributed by atoms with van der Waals surface area (Å²) in [7, 11) is 0. The van der Waals surface area contributed by atoms with E-state index in [4.69, 9.17) is 0 Å². The van der Waals surface area contributed by atoms with Gasteiger partial charge in [0.15, 0.2) is 0 Å². The number of hydrogen-bond acceptors (Lipinski definition) is 1. The molecule has 0 atom stereocenters. The maximum Gasteiger partial charge on any atom is 0.0270 e. The van der Waals surface area contributed by atoms with Crippen molar-refractivity contribution in [3.05, 3.63) is 41.6 Å². The quantitative estimate of drug-likeness (QED) is 0.581. The van der Waals surface area contributed by atoms with Gasteiger partial charge >= 0.3 is 0 Å². The van der Waals surface area contributed by atoms with Crippen LogP contribution in [-0.2, 0) is 6.42 Å². The van der Waals surface area contributed by atoms with Gasteiger partial charge in [0.05, 0.1) is 0 Å². The van der Waals surface area contributed by atoms with Crippen molar-refractivity contribution in [1.82, 2.24) is 0 Å². The average molecular weight is 180 g/mol. The van der Waals surface area contributed by atoms with E-state index in [0.29, 0.717) is 0 Å². The van der Waals surface area contributed by atoms with Crippen molar-refractivity contribution in [1.29, 1.82) is 0 Å². The second kappa shape index (κ2) is 4.07. The van der Waals surface area contributed by atoms with Crippen molar-refractivity contribution in [2.75, 3.05) is 0 Å². The molecule has 0 bridgehead atoms. The van der Waals surface area contributed by atoms with E-state index in [1.165, 1.54) is 11.1 Å². The highest BCUT2D eigenvalue weighted by Crippen LogP contribution is 2.12. The predicted octanol–water partition coefficient (Wildman–Crippen LogP) is 2.71. The molecule has 1 aliphatic rings. The topological polar surface area (TPSA) is 12.4 Å². The van der Waals surface area contributed by atoms with E-state index in [2.05, 4.69) is 29.3 Å². The lowest BCUT2D eigenvalue weighted by molar-refractivity contribution is 1.35. The van der Waals surface area contributed by atoms with Crippen molar-refractivity contribution in [3.8, 4) is 0 Å². The van der Waals surface area contributed by atoms with Crippen molar-refractivity contribution >= 4 is 24.7 Å². The van der Waals surface area contributed by atoms with Gasteiger partial charge in [0.25, 0.3) is 0 Å². The van der Waals surface area contributed by atoms with Gasteiger partial charge in [-0.15, -0.1) is 12.4 Å². The lowest BCUT2D eigenvalue weighted by Gasteiger charge is -1.98. The van der Waals surface area contributed by atoms with Crippen LogP contribution in [0.4, 0.5) is 0 Å². The number of halogens is 1. The minimum Gasteiger partial charge on any atom is -0.269 e. The Morgan fingerprint density at radius 3 is 2.92 bits per heavy atom. The van der Waals surface area contributed by atoms with E-state index in [0.717, 1.165) is 6.42 Å². The summed E-state index contributed by atoms with van der Waals surface area (Å²) >= 11 is 0. The van der Waals surface area contributed by atoms with E-state index in [9.17, 15) is 0 Å². The van der Waals surface area contributed by atoms with E-state index in [1.54, 1.807) is 0 Å². The fourth-order valence-electron chi connectivity index (χ4n) is 1.22. The van der Waals surface area contributed by atoms with Gasteiger partial charge in [0, 0.05) is 18.8 Å². The summed E-state index contributed by atoms with van der Waals surface area (Å²) in [5.41, 5.74) is 2.63. The second-order valence-corrected chi connectivity index (χ2v) is 2.55. The summed E-state index contributed by atoms with van der Waals surface area (Å²) in [6, 6.07) is 8.36. The first kappa shape index (κ1) is 9.01. The molecule has 12 heavy (non-hydrogen) atoms. The molecule has 0 N–H and O–H groups in total. The van der Waals surface area contributed by atoms with Gasteiger partial charge in [0.2, 0.25) is 0 Å². The summed E-state index contributed by atoms with van der Waals surface area (Å²) in [6.45, 7) is 0. The zero-order valence-electron chi connectivity index (χ0n) is 6.60. The number of nitrogens with zero attached hydrogens (tertiary/aromatic N) is 1. The monoisotopic (exact) mass is 179 g/mol. The van der Waals surface area contributed by atoms with Crippen LogP contribution in [0.25, 0.3) is 6.08 Å². The third kappa shape index (κ3) is 1.74. The SMILES string of the molecule is C1=Cc2ccccc2CC=N1.Cl. The predicted molar refractivity (Wildman–Crippen MR) is 54.9 cm³/mol. The first-order valence-electron chi connectivity index (χ1n) is 3.73. The largest absolute Gasteiger partial charge is 0.269 e. The fourth-order valence-corrected chi connectivity index (χ4v) is 1.22. The van der Waals surface area contributed by atoms with E-state index in [-0.39, 0.29) is 12.4 Å². The Balaban J connectivity index is 0.000000720. The van der Waals surface area contributed by atoms with Gasteiger partial charge in [0.1, 0.15) is 0 Å². The van der Waals surface area contributed by atoms with E-state index < -0.39 is 0 Å². The molecule has 0 radical (unpaired) electrons. The van der Waals surface area contributed by atoms with Crippen LogP contribution < -0.4 is 0 Å². The smallest absolute Gasteiger partial charge is 0.0270 e. The maximum absolute atomic E-state index is 4.08. The average Bonchev–Trinajstić information content (AvgIpc) is 2.28. The second-order valence-electron chi connectivity index (χ2n) is 2.55. The molecule has 0 aromatic heterocycles. The van der Waals surface area contributed by atoms with Gasteiger partial charge in [-0.3, -0.25) is 4.99 Å². The number of benzene rings is 1. The molecule has 0 saturated carbocycles. The molecular formula is C10H10ClN. The Bertz CT molecular complexity index is 315. The number of hydrogen-bond donors (Lipinski definition) is 0. The first-order chi connectivity index (χ1) is 5.47. The van der Waals surface area contributed by atoms with Crippen LogP contribution in [0.3, 0.4) is 0 Å². The summed E-state index contributed by atoms with van der Waals surface area (Å²) in [5, 5.41) is 0. The van der Waals surface area contributed by atoms with Crippen LogP contribution in [0.2, 0.25) is 0 Å². The molecule has 0 unspecified atom stereocenters. The number of fused-ring (bicyclic) bond motifs is 1. The van der Waals surface area contributed by atoms with Gasteiger partial charge < -0.3 is 0 Å². The van der Waals surface area contributed by atoms with E-state index in [1.807, 2.05) is 18.5 Å². The zero-order chi connectivity index (χ0) is 7.52. The fraction of sp³-hybridized carbons (Fsp3) is 0.100. The lowest BCUT2D eigenvalue weighted by atomic mass is 10.1. The first-order valence-corrected chi connectivity index (χ1v) is 3.73. The maximum atomic E-state index is 4.08. The molecule has 0 amide bonds. The summed E-state index contributed by atoms with van der Waals surface area (Å²) in [5.74, 6) is 0. The minimum atomic E-state index is 0. The van der Waals surface area contributed by atoms with Crippen molar-refractivity contribution in [2.24, 2.45) is 4.99 Å². The molecule has 1 aromatic carbocycles. The Kier molecular flexibility index (Phi) is 3.06. The Morgan fingerprint density at radius 1 is 1.17 bits per heavy atom. The van der Waals surface area contributed by atoms with Crippen LogP contribution in [0.15, 0.2) is 35.5 Å². The lowest BCUT2D eigenvalue weighted by Crippen LogP contribution is -1.87. The molecule has 1 nitrogen and oxygen atoms in total. The van der Waals surface area contributed by atoms with Gasteiger partial charge in [-0.1, -0.05) is 24.3 Å². The van der Waals surface area contributed by atoms with Crippen LogP contribution in [-0.4, -0.2) is 6.21 Å². The zero-order valence-corrected chi connectivity index (χ0v) is 7.42. The van der Waals surface area contributed by atoms with Crippen LogP contribution in [0.1, 0.15) is 11.1 Å². The molecular weight excluding hydrogens is 170 g/mol. The van der Waals surface area contributed by atoms with Crippen molar-refractivity contribution < 1.29 is 0 Å². The van der Waals surface area contributed by atoms with Crippen LogP contribution >= 0.6 is 12.4 Å². The molecule has 0 saturated heterocycles. The minimum absolute atomic E-state index is 0. The number of aliphatic imine (C=N–C) groups is 1. The van der Waals surface area contributed by atoms with E-state index >= 15 is 0 Å². The van der Waals surface area contributed by atoms with Crippen molar-refractivity contribution in [2.45, 2.75) is 6.42 Å². The van der Waals surface area contributed by atoms with Gasteiger partial charge in [-0.2, -0.15) is 0 Å². The molecule has 1 heterocycles. The molecule has 1 aliphatic heterocycles. The van der Waals surface area contributed by atoms with Crippen LogP contribution in [0.5, 0.6) is 0 Å². The third-order valence-corrected chi connectivity index (χ3v) is 1.81. The third-order valence-electron chi connectivity index (χ3n) is 1.81. The highest BCUT2D eigenvalue weighted by Gasteiger charge is 1.97. The number of rotatable bonds is 0. The summed E-state index contributed by atoms with van der Waals surface area (Å²) < 4.78 is 0. The standard InChI is InChI=1S/C10H9N.ClH/c1-2-4-10-6-8-11-7-5-9(10)3-1;/h1-5,7-8H,6H2;1H. The summed E-state index contributed by atoms with van der Waals surface area (Å²) in [4.78, 5) is 4.08.